The Morgan fingerprint density at radius 1 is 1.14 bits per heavy atom. The predicted octanol–water partition coefficient (Wildman–Crippen LogP) is 6.36. The summed E-state index contributed by atoms with van der Waals surface area (Å²) in [7, 11) is 0. The highest BCUT2D eigenvalue weighted by molar-refractivity contribution is 6.37. The minimum atomic E-state index is -0.775. The molecule has 3 aromatic carbocycles. The van der Waals surface area contributed by atoms with Gasteiger partial charge in [0.2, 0.25) is 5.88 Å². The van der Waals surface area contributed by atoms with Crippen LogP contribution in [0, 0.1) is 17.1 Å². The predicted molar refractivity (Wildman–Crippen MR) is 129 cm³/mol. The Morgan fingerprint density at radius 3 is 2.51 bits per heavy atom. The summed E-state index contributed by atoms with van der Waals surface area (Å²) < 4.78 is 31.2. The quantitative estimate of drug-likeness (QED) is 0.305. The van der Waals surface area contributed by atoms with Crippen molar-refractivity contribution in [2.45, 2.75) is 19.3 Å². The smallest absolute Gasteiger partial charge is 0.343 e. The van der Waals surface area contributed by atoms with Crippen LogP contribution in [0.5, 0.6) is 17.2 Å². The Labute approximate surface area is 211 Å². The number of benzene rings is 3. The van der Waals surface area contributed by atoms with E-state index in [4.69, 9.17) is 43.1 Å². The van der Waals surface area contributed by atoms with E-state index in [2.05, 4.69) is 0 Å². The van der Waals surface area contributed by atoms with Crippen molar-refractivity contribution < 1.29 is 23.4 Å². The Bertz CT molecular complexity index is 1360. The number of hydrogen-bond donors (Lipinski definition) is 1. The van der Waals surface area contributed by atoms with E-state index in [1.54, 1.807) is 24.3 Å². The first-order chi connectivity index (χ1) is 16.8. The summed E-state index contributed by atoms with van der Waals surface area (Å²) in [4.78, 5) is 12.8. The maximum atomic E-state index is 14.6. The molecule has 0 amide bonds. The highest BCUT2D eigenvalue weighted by Crippen LogP contribution is 2.44. The molecule has 3 aromatic rings. The van der Waals surface area contributed by atoms with Gasteiger partial charge in [0.25, 0.3) is 0 Å². The van der Waals surface area contributed by atoms with Crippen molar-refractivity contribution in [2.24, 2.45) is 5.73 Å². The van der Waals surface area contributed by atoms with E-state index in [1.807, 2.05) is 13.0 Å². The van der Waals surface area contributed by atoms with Crippen LogP contribution >= 0.6 is 23.2 Å². The molecule has 1 atom stereocenters. The molecule has 9 heteroatoms. The van der Waals surface area contributed by atoms with Crippen molar-refractivity contribution >= 4 is 29.2 Å². The minimum absolute atomic E-state index is 0.0852. The number of allylic oxidation sites excluding steroid dienone is 1. The average Bonchev–Trinajstić information content (AvgIpc) is 2.83. The third kappa shape index (κ3) is 4.90. The Hall–Kier alpha value is -3.73. The molecule has 0 aliphatic carbocycles. The lowest BCUT2D eigenvalue weighted by atomic mass is 9.83. The summed E-state index contributed by atoms with van der Waals surface area (Å²) in [6, 6.07) is 15.5. The molecule has 1 aliphatic rings. The summed E-state index contributed by atoms with van der Waals surface area (Å²) in [5.74, 6) is -1.45. The zero-order chi connectivity index (χ0) is 25.1. The molecule has 0 saturated heterocycles. The molecular weight excluding hydrogens is 494 g/mol. The first kappa shape index (κ1) is 24.4. The number of nitrogens with zero attached hydrogens (tertiary/aromatic N) is 1. The summed E-state index contributed by atoms with van der Waals surface area (Å²) in [5, 5.41) is 9.99. The maximum absolute atomic E-state index is 14.6. The van der Waals surface area contributed by atoms with Gasteiger partial charge in [-0.05, 0) is 30.7 Å². The van der Waals surface area contributed by atoms with Gasteiger partial charge in [0.05, 0.1) is 28.1 Å². The number of nitriles is 1. The Kier molecular flexibility index (Phi) is 7.15. The number of fused-ring (bicyclic) bond motifs is 1. The van der Waals surface area contributed by atoms with Gasteiger partial charge in [-0.2, -0.15) is 5.26 Å². The summed E-state index contributed by atoms with van der Waals surface area (Å²) in [6.45, 7) is 2.37. The van der Waals surface area contributed by atoms with Crippen molar-refractivity contribution in [1.29, 1.82) is 5.26 Å². The van der Waals surface area contributed by atoms with Crippen LogP contribution in [-0.4, -0.2) is 12.6 Å². The molecule has 4 rings (SSSR count). The largest absolute Gasteiger partial charge is 0.490 e. The molecule has 35 heavy (non-hydrogen) atoms. The lowest BCUT2D eigenvalue weighted by molar-refractivity contribution is 0.0734. The van der Waals surface area contributed by atoms with Crippen LogP contribution in [0.1, 0.15) is 40.7 Å². The van der Waals surface area contributed by atoms with Crippen molar-refractivity contribution in [3.05, 3.63) is 98.6 Å². The van der Waals surface area contributed by atoms with Crippen LogP contribution in [0.4, 0.5) is 4.39 Å². The van der Waals surface area contributed by atoms with Gasteiger partial charge < -0.3 is 19.9 Å². The molecule has 0 bridgehead atoms. The molecule has 6 nitrogen and oxygen atoms in total. The number of carbonyl (C=O) groups excluding carboxylic acids is 1. The number of carbonyl (C=O) groups is 1. The molecule has 0 fully saturated rings. The molecule has 1 heterocycles. The second-order valence-corrected chi connectivity index (χ2v) is 8.47. The van der Waals surface area contributed by atoms with Gasteiger partial charge in [-0.15, -0.1) is 0 Å². The van der Waals surface area contributed by atoms with Crippen LogP contribution in [0.25, 0.3) is 0 Å². The van der Waals surface area contributed by atoms with Gasteiger partial charge in [0.1, 0.15) is 29.0 Å². The first-order valence-corrected chi connectivity index (χ1v) is 11.4. The normalized spacial score (nSPS) is 14.5. The number of nitrogens with two attached hydrogens (primary N) is 1. The van der Waals surface area contributed by atoms with E-state index in [0.717, 1.165) is 6.42 Å². The fourth-order valence-corrected chi connectivity index (χ4v) is 4.31. The minimum Gasteiger partial charge on any atom is -0.490 e. The van der Waals surface area contributed by atoms with Crippen molar-refractivity contribution in [1.82, 2.24) is 0 Å². The lowest BCUT2D eigenvalue weighted by Gasteiger charge is -2.27. The summed E-state index contributed by atoms with van der Waals surface area (Å²) in [6.07, 6.45) is 0.768. The van der Waals surface area contributed by atoms with Crippen molar-refractivity contribution in [3.8, 4) is 23.3 Å². The maximum Gasteiger partial charge on any atom is 0.343 e. The zero-order valence-electron chi connectivity index (χ0n) is 18.5. The van der Waals surface area contributed by atoms with Gasteiger partial charge >= 0.3 is 5.97 Å². The highest BCUT2D eigenvalue weighted by Gasteiger charge is 2.32. The molecule has 0 spiro atoms. The van der Waals surface area contributed by atoms with Crippen LogP contribution in [0.2, 0.25) is 10.0 Å². The van der Waals surface area contributed by atoms with Crippen LogP contribution < -0.4 is 19.9 Å². The van der Waals surface area contributed by atoms with E-state index in [0.29, 0.717) is 17.9 Å². The molecule has 2 N–H and O–H groups in total. The third-order valence-corrected chi connectivity index (χ3v) is 5.86. The monoisotopic (exact) mass is 512 g/mol. The molecule has 0 saturated carbocycles. The van der Waals surface area contributed by atoms with Crippen LogP contribution in [-0.2, 0) is 0 Å². The van der Waals surface area contributed by atoms with Crippen LogP contribution in [0.15, 0.2) is 66.1 Å². The van der Waals surface area contributed by atoms with E-state index in [1.165, 1.54) is 30.3 Å². The third-order valence-electron chi connectivity index (χ3n) is 5.30. The topological polar surface area (TPSA) is 94.6 Å². The molecule has 0 aromatic heterocycles. The SMILES string of the molecule is CCCOc1c(Cl)cc(C(=O)Oc2ccc3c(c2)OC(N)=C(C#N)C3c2ccccc2F)cc1Cl. The Balaban J connectivity index is 1.64. The summed E-state index contributed by atoms with van der Waals surface area (Å²) >= 11 is 12.5. The average molecular weight is 513 g/mol. The van der Waals surface area contributed by atoms with Crippen molar-refractivity contribution in [2.75, 3.05) is 6.61 Å². The van der Waals surface area contributed by atoms with Gasteiger partial charge in [0, 0.05) is 17.2 Å². The molecule has 1 aliphatic heterocycles. The van der Waals surface area contributed by atoms with Gasteiger partial charge in [0.15, 0.2) is 5.75 Å². The van der Waals surface area contributed by atoms with Crippen molar-refractivity contribution in [3.63, 3.8) is 0 Å². The molecule has 0 radical (unpaired) electrons. The number of hydrogen-bond acceptors (Lipinski definition) is 6. The van der Waals surface area contributed by atoms with E-state index < -0.39 is 17.7 Å². The fourth-order valence-electron chi connectivity index (χ4n) is 3.71. The summed E-state index contributed by atoms with van der Waals surface area (Å²) in [5.41, 5.74) is 6.96. The standard InChI is InChI=1S/C26H19Cl2FN2O4/c1-2-9-33-24-19(27)10-14(11-20(24)28)26(32)34-15-7-8-17-22(12-15)35-25(31)18(13-30)23(17)16-5-3-4-6-21(16)29/h3-8,10-12,23H,2,9,31H2,1H3. The lowest BCUT2D eigenvalue weighted by Crippen LogP contribution is -2.21. The number of esters is 1. The van der Waals surface area contributed by atoms with E-state index >= 15 is 0 Å². The number of halogens is 3. The molecule has 178 valence electrons. The molecule has 1 unspecified atom stereocenters. The van der Waals surface area contributed by atoms with Gasteiger partial charge in [-0.3, -0.25) is 0 Å². The number of ether oxygens (including phenoxy) is 3. The Morgan fingerprint density at radius 2 is 1.86 bits per heavy atom. The van der Waals surface area contributed by atoms with Gasteiger partial charge in [-0.25, -0.2) is 9.18 Å². The van der Waals surface area contributed by atoms with E-state index in [-0.39, 0.29) is 44.1 Å². The molecular formula is C26H19Cl2FN2O4. The second-order valence-electron chi connectivity index (χ2n) is 7.65. The fraction of sp³-hybridized carbons (Fsp3) is 0.154. The number of rotatable bonds is 6. The van der Waals surface area contributed by atoms with Gasteiger partial charge in [-0.1, -0.05) is 54.4 Å². The van der Waals surface area contributed by atoms with Crippen LogP contribution in [0.3, 0.4) is 0 Å². The second kappa shape index (κ2) is 10.3. The highest BCUT2D eigenvalue weighted by atomic mass is 35.5. The zero-order valence-corrected chi connectivity index (χ0v) is 20.0. The van der Waals surface area contributed by atoms with E-state index in [9.17, 15) is 14.4 Å². The first-order valence-electron chi connectivity index (χ1n) is 10.6.